The maximum atomic E-state index is 12.3. The first-order valence-corrected chi connectivity index (χ1v) is 7.31. The van der Waals surface area contributed by atoms with E-state index in [0.717, 1.165) is 17.4 Å². The van der Waals surface area contributed by atoms with Gasteiger partial charge in [-0.25, -0.2) is 4.79 Å². The van der Waals surface area contributed by atoms with Gasteiger partial charge in [-0.2, -0.15) is 0 Å². The van der Waals surface area contributed by atoms with Gasteiger partial charge in [0.15, 0.2) is 6.29 Å². The molecule has 0 saturated carbocycles. The Labute approximate surface area is 136 Å². The van der Waals surface area contributed by atoms with Crippen LogP contribution in [0.25, 0.3) is 11.1 Å². The molecular formula is C19H20O4. The molecule has 0 amide bonds. The van der Waals surface area contributed by atoms with E-state index in [1.165, 1.54) is 7.11 Å². The van der Waals surface area contributed by atoms with E-state index >= 15 is 0 Å². The van der Waals surface area contributed by atoms with Crippen molar-refractivity contribution in [2.75, 3.05) is 7.11 Å². The first-order chi connectivity index (χ1) is 10.8. The SMILES string of the molecule is COc1cc(C(=O)OC(C)(C)C)cc(-c2ccccc2C=O)c1. The topological polar surface area (TPSA) is 52.6 Å². The van der Waals surface area contributed by atoms with E-state index in [1.807, 2.05) is 32.9 Å². The Morgan fingerprint density at radius 3 is 2.39 bits per heavy atom. The molecule has 120 valence electrons. The summed E-state index contributed by atoms with van der Waals surface area (Å²) in [5.74, 6) is 0.102. The van der Waals surface area contributed by atoms with Crippen LogP contribution in [0.3, 0.4) is 0 Å². The van der Waals surface area contributed by atoms with Gasteiger partial charge in [0.25, 0.3) is 0 Å². The highest BCUT2D eigenvalue weighted by molar-refractivity contribution is 5.94. The van der Waals surface area contributed by atoms with Crippen molar-refractivity contribution in [2.45, 2.75) is 26.4 Å². The van der Waals surface area contributed by atoms with Gasteiger partial charge in [-0.15, -0.1) is 0 Å². The zero-order valence-electron chi connectivity index (χ0n) is 13.8. The van der Waals surface area contributed by atoms with Crippen LogP contribution in [0.5, 0.6) is 5.75 Å². The highest BCUT2D eigenvalue weighted by Crippen LogP contribution is 2.29. The van der Waals surface area contributed by atoms with E-state index in [-0.39, 0.29) is 0 Å². The number of benzene rings is 2. The van der Waals surface area contributed by atoms with Crippen LogP contribution in [-0.4, -0.2) is 25.0 Å². The number of esters is 1. The van der Waals surface area contributed by atoms with Crippen LogP contribution in [0.2, 0.25) is 0 Å². The molecule has 0 bridgehead atoms. The van der Waals surface area contributed by atoms with Crippen molar-refractivity contribution >= 4 is 12.3 Å². The third kappa shape index (κ3) is 4.19. The molecule has 0 aliphatic rings. The predicted molar refractivity (Wildman–Crippen MR) is 89.0 cm³/mol. The summed E-state index contributed by atoms with van der Waals surface area (Å²) in [6.07, 6.45) is 0.794. The minimum atomic E-state index is -0.582. The Hall–Kier alpha value is -2.62. The lowest BCUT2D eigenvalue weighted by Gasteiger charge is -2.20. The van der Waals surface area contributed by atoms with E-state index in [0.29, 0.717) is 16.9 Å². The Bertz CT molecular complexity index is 726. The zero-order chi connectivity index (χ0) is 17.0. The highest BCUT2D eigenvalue weighted by atomic mass is 16.6. The number of carbonyl (C=O) groups is 2. The predicted octanol–water partition coefficient (Wildman–Crippen LogP) is 4.13. The van der Waals surface area contributed by atoms with Gasteiger partial charge in [0.1, 0.15) is 11.4 Å². The van der Waals surface area contributed by atoms with E-state index < -0.39 is 11.6 Å². The number of methoxy groups -OCH3 is 1. The lowest BCUT2D eigenvalue weighted by atomic mass is 9.98. The minimum absolute atomic E-state index is 0.384. The second-order valence-corrected chi connectivity index (χ2v) is 6.16. The Balaban J connectivity index is 2.51. The van der Waals surface area contributed by atoms with Crippen LogP contribution in [0, 0.1) is 0 Å². The van der Waals surface area contributed by atoms with Crippen molar-refractivity contribution < 1.29 is 19.1 Å². The third-order valence-corrected chi connectivity index (χ3v) is 3.18. The lowest BCUT2D eigenvalue weighted by molar-refractivity contribution is 0.00691. The van der Waals surface area contributed by atoms with Crippen molar-refractivity contribution in [3.63, 3.8) is 0 Å². The molecule has 2 aromatic carbocycles. The maximum absolute atomic E-state index is 12.3. The Morgan fingerprint density at radius 1 is 1.09 bits per heavy atom. The van der Waals surface area contributed by atoms with Crippen LogP contribution in [0.4, 0.5) is 0 Å². The zero-order valence-corrected chi connectivity index (χ0v) is 13.8. The molecule has 4 nitrogen and oxygen atoms in total. The minimum Gasteiger partial charge on any atom is -0.497 e. The smallest absolute Gasteiger partial charge is 0.338 e. The third-order valence-electron chi connectivity index (χ3n) is 3.18. The van der Waals surface area contributed by atoms with Gasteiger partial charge in [0, 0.05) is 5.56 Å². The molecular weight excluding hydrogens is 292 g/mol. The number of hydrogen-bond acceptors (Lipinski definition) is 4. The average molecular weight is 312 g/mol. The second kappa shape index (κ2) is 6.65. The molecule has 0 aliphatic carbocycles. The summed E-state index contributed by atoms with van der Waals surface area (Å²) >= 11 is 0. The van der Waals surface area contributed by atoms with E-state index in [1.54, 1.807) is 30.3 Å². The maximum Gasteiger partial charge on any atom is 0.338 e. The summed E-state index contributed by atoms with van der Waals surface area (Å²) in [5, 5.41) is 0. The number of aldehydes is 1. The second-order valence-electron chi connectivity index (χ2n) is 6.16. The number of carbonyl (C=O) groups excluding carboxylic acids is 2. The van der Waals surface area contributed by atoms with Crippen LogP contribution in [-0.2, 0) is 4.74 Å². The van der Waals surface area contributed by atoms with Gasteiger partial charge >= 0.3 is 5.97 Å². The largest absolute Gasteiger partial charge is 0.497 e. The molecule has 0 unspecified atom stereocenters. The van der Waals surface area contributed by atoms with Gasteiger partial charge in [0.05, 0.1) is 12.7 Å². The normalized spacial score (nSPS) is 11.0. The van der Waals surface area contributed by atoms with E-state index in [4.69, 9.17) is 9.47 Å². The molecule has 4 heteroatoms. The van der Waals surface area contributed by atoms with Gasteiger partial charge in [-0.05, 0) is 50.1 Å². The molecule has 0 heterocycles. The summed E-state index contributed by atoms with van der Waals surface area (Å²) in [7, 11) is 1.53. The van der Waals surface area contributed by atoms with Crippen LogP contribution in [0.15, 0.2) is 42.5 Å². The molecule has 0 fully saturated rings. The van der Waals surface area contributed by atoms with Crippen molar-refractivity contribution in [3.8, 4) is 16.9 Å². The monoisotopic (exact) mass is 312 g/mol. The molecule has 0 saturated heterocycles. The molecule has 0 atom stereocenters. The fourth-order valence-corrected chi connectivity index (χ4v) is 2.19. The molecule has 0 radical (unpaired) electrons. The summed E-state index contributed by atoms with van der Waals surface area (Å²) in [6, 6.07) is 12.3. The van der Waals surface area contributed by atoms with Gasteiger partial charge in [0.2, 0.25) is 0 Å². The van der Waals surface area contributed by atoms with Crippen LogP contribution in [0.1, 0.15) is 41.5 Å². The fraction of sp³-hybridized carbons (Fsp3) is 0.263. The molecule has 0 aliphatic heterocycles. The Morgan fingerprint density at radius 2 is 1.78 bits per heavy atom. The van der Waals surface area contributed by atoms with Crippen molar-refractivity contribution in [1.82, 2.24) is 0 Å². The summed E-state index contributed by atoms with van der Waals surface area (Å²) in [6.45, 7) is 5.44. The van der Waals surface area contributed by atoms with Crippen molar-refractivity contribution in [2.24, 2.45) is 0 Å². The number of hydrogen-bond donors (Lipinski definition) is 0. The molecule has 0 N–H and O–H groups in total. The molecule has 2 aromatic rings. The van der Waals surface area contributed by atoms with Gasteiger partial charge in [-0.3, -0.25) is 4.79 Å². The van der Waals surface area contributed by atoms with Gasteiger partial charge < -0.3 is 9.47 Å². The number of rotatable bonds is 4. The summed E-state index contributed by atoms with van der Waals surface area (Å²) in [5.41, 5.74) is 1.83. The van der Waals surface area contributed by atoms with E-state index in [9.17, 15) is 9.59 Å². The molecule has 23 heavy (non-hydrogen) atoms. The van der Waals surface area contributed by atoms with Crippen LogP contribution >= 0.6 is 0 Å². The lowest BCUT2D eigenvalue weighted by Crippen LogP contribution is -2.23. The molecule has 2 rings (SSSR count). The summed E-state index contributed by atoms with van der Waals surface area (Å²) in [4.78, 5) is 23.6. The fourth-order valence-electron chi connectivity index (χ4n) is 2.19. The summed E-state index contributed by atoms with van der Waals surface area (Å²) < 4.78 is 10.7. The highest BCUT2D eigenvalue weighted by Gasteiger charge is 2.19. The van der Waals surface area contributed by atoms with Gasteiger partial charge in [-0.1, -0.05) is 24.3 Å². The molecule has 0 spiro atoms. The Kier molecular flexibility index (Phi) is 4.84. The van der Waals surface area contributed by atoms with Crippen LogP contribution < -0.4 is 4.74 Å². The quantitative estimate of drug-likeness (QED) is 0.629. The first kappa shape index (κ1) is 16.7. The van der Waals surface area contributed by atoms with Crippen molar-refractivity contribution in [3.05, 3.63) is 53.6 Å². The van der Waals surface area contributed by atoms with E-state index in [2.05, 4.69) is 0 Å². The number of ether oxygens (including phenoxy) is 2. The van der Waals surface area contributed by atoms with Crippen molar-refractivity contribution in [1.29, 1.82) is 0 Å². The average Bonchev–Trinajstić information content (AvgIpc) is 2.52. The first-order valence-electron chi connectivity index (χ1n) is 7.31. The molecule has 0 aromatic heterocycles. The standard InChI is InChI=1S/C19H20O4/c1-19(2,3)23-18(21)15-9-14(10-16(11-15)22-4)17-8-6-5-7-13(17)12-20/h5-12H,1-4H3.